The fourth-order valence-corrected chi connectivity index (χ4v) is 3.55. The molecule has 2 aromatic rings. The second-order valence-corrected chi connectivity index (χ2v) is 6.92. The van der Waals surface area contributed by atoms with Crippen LogP contribution in [0.15, 0.2) is 28.6 Å². The lowest BCUT2D eigenvalue weighted by atomic mass is 10.2. The summed E-state index contributed by atoms with van der Waals surface area (Å²) in [6.45, 7) is 7.51. The second-order valence-electron chi connectivity index (χ2n) is 4.72. The molecule has 0 saturated heterocycles. The monoisotopic (exact) mass is 336 g/mol. The Morgan fingerprint density at radius 2 is 1.91 bits per heavy atom. The van der Waals surface area contributed by atoms with Crippen LogP contribution in [0.1, 0.15) is 19.4 Å². The van der Waals surface area contributed by atoms with Crippen molar-refractivity contribution in [2.24, 2.45) is 0 Å². The summed E-state index contributed by atoms with van der Waals surface area (Å²) in [5, 5.41) is 12.2. The molecular formula is C15H20N4OS2. The number of nitrogens with zero attached hydrogens (tertiary/aromatic N) is 3. The molecule has 22 heavy (non-hydrogen) atoms. The van der Waals surface area contributed by atoms with E-state index < -0.39 is 0 Å². The van der Waals surface area contributed by atoms with Gasteiger partial charge in [-0.3, -0.25) is 4.79 Å². The minimum absolute atomic E-state index is 0.137. The van der Waals surface area contributed by atoms with Crippen LogP contribution in [-0.2, 0) is 4.79 Å². The third-order valence-corrected chi connectivity index (χ3v) is 5.10. The van der Waals surface area contributed by atoms with E-state index in [0.717, 1.165) is 28.2 Å². The average molecular weight is 336 g/mol. The van der Waals surface area contributed by atoms with Crippen LogP contribution in [0.25, 0.3) is 0 Å². The number of carbonyl (C=O) groups is 1. The van der Waals surface area contributed by atoms with Crippen LogP contribution < -0.4 is 5.32 Å². The van der Waals surface area contributed by atoms with Gasteiger partial charge >= 0.3 is 0 Å². The lowest BCUT2D eigenvalue weighted by Crippen LogP contribution is -2.31. The minimum Gasteiger partial charge on any atom is -0.343 e. The van der Waals surface area contributed by atoms with E-state index in [2.05, 4.69) is 22.4 Å². The molecule has 0 aliphatic rings. The van der Waals surface area contributed by atoms with Gasteiger partial charge in [0.05, 0.1) is 5.75 Å². The van der Waals surface area contributed by atoms with Crippen LogP contribution >= 0.6 is 23.1 Å². The van der Waals surface area contributed by atoms with Gasteiger partial charge in [-0.05, 0) is 32.9 Å². The highest BCUT2D eigenvalue weighted by atomic mass is 32.2. The lowest BCUT2D eigenvalue weighted by Gasteiger charge is -2.17. The Morgan fingerprint density at radius 1 is 1.23 bits per heavy atom. The van der Waals surface area contributed by atoms with E-state index in [1.54, 1.807) is 0 Å². The Hall–Kier alpha value is -1.60. The largest absolute Gasteiger partial charge is 0.343 e. The Kier molecular flexibility index (Phi) is 6.21. The number of anilines is 2. The number of carbonyl (C=O) groups excluding carboxylic acids is 1. The highest BCUT2D eigenvalue weighted by Crippen LogP contribution is 2.27. The predicted molar refractivity (Wildman–Crippen MR) is 93.0 cm³/mol. The molecule has 2 rings (SSSR count). The maximum atomic E-state index is 12.0. The standard InChI is InChI=1S/C15H20N4OS2/c1-4-19(5-2)13(20)10-21-15-18-17-14(22-15)16-12-8-6-11(3)7-9-12/h6-9H,4-5,10H2,1-3H3,(H,16,17). The number of nitrogens with one attached hydrogen (secondary N) is 1. The van der Waals surface area contributed by atoms with E-state index in [4.69, 9.17) is 0 Å². The molecule has 118 valence electrons. The van der Waals surface area contributed by atoms with E-state index in [1.807, 2.05) is 43.0 Å². The molecule has 0 bridgehead atoms. The van der Waals surface area contributed by atoms with Gasteiger partial charge in [-0.25, -0.2) is 0 Å². The van der Waals surface area contributed by atoms with Crippen molar-refractivity contribution in [2.75, 3.05) is 24.2 Å². The summed E-state index contributed by atoms with van der Waals surface area (Å²) in [6.07, 6.45) is 0. The fourth-order valence-electron chi connectivity index (χ4n) is 1.87. The van der Waals surface area contributed by atoms with Crippen molar-refractivity contribution in [3.8, 4) is 0 Å². The molecule has 1 N–H and O–H groups in total. The number of thioether (sulfide) groups is 1. The maximum absolute atomic E-state index is 12.0. The molecule has 1 heterocycles. The lowest BCUT2D eigenvalue weighted by molar-refractivity contribution is -0.127. The van der Waals surface area contributed by atoms with Crippen molar-refractivity contribution >= 4 is 39.8 Å². The van der Waals surface area contributed by atoms with E-state index in [0.29, 0.717) is 5.75 Å². The predicted octanol–water partition coefficient (Wildman–Crippen LogP) is 3.55. The second kappa shape index (κ2) is 8.14. The summed E-state index contributed by atoms with van der Waals surface area (Å²) in [5.41, 5.74) is 2.20. The van der Waals surface area contributed by atoms with Crippen LogP contribution in [0.5, 0.6) is 0 Å². The van der Waals surface area contributed by atoms with Crippen molar-refractivity contribution in [3.05, 3.63) is 29.8 Å². The first-order valence-corrected chi connectivity index (χ1v) is 9.00. The number of hydrogen-bond acceptors (Lipinski definition) is 6. The molecule has 1 aromatic carbocycles. The van der Waals surface area contributed by atoms with Gasteiger partial charge in [0.15, 0.2) is 4.34 Å². The average Bonchev–Trinajstić information content (AvgIpc) is 2.96. The molecule has 0 saturated carbocycles. The van der Waals surface area contributed by atoms with Crippen LogP contribution in [0, 0.1) is 6.92 Å². The summed E-state index contributed by atoms with van der Waals surface area (Å²) >= 11 is 2.89. The maximum Gasteiger partial charge on any atom is 0.233 e. The third kappa shape index (κ3) is 4.71. The van der Waals surface area contributed by atoms with E-state index in [1.165, 1.54) is 28.7 Å². The number of aromatic nitrogens is 2. The molecular weight excluding hydrogens is 316 g/mol. The van der Waals surface area contributed by atoms with Crippen molar-refractivity contribution < 1.29 is 4.79 Å². The van der Waals surface area contributed by atoms with Gasteiger partial charge in [-0.1, -0.05) is 40.8 Å². The van der Waals surface area contributed by atoms with Gasteiger partial charge < -0.3 is 10.2 Å². The third-order valence-electron chi connectivity index (χ3n) is 3.14. The van der Waals surface area contributed by atoms with Crippen molar-refractivity contribution in [2.45, 2.75) is 25.1 Å². The molecule has 0 atom stereocenters. The first-order valence-electron chi connectivity index (χ1n) is 7.20. The van der Waals surface area contributed by atoms with Crippen LogP contribution in [0.2, 0.25) is 0 Å². The first kappa shape index (κ1) is 16.8. The normalized spacial score (nSPS) is 10.5. The van der Waals surface area contributed by atoms with Gasteiger partial charge in [0, 0.05) is 18.8 Å². The van der Waals surface area contributed by atoms with Crippen LogP contribution in [0.4, 0.5) is 10.8 Å². The number of aryl methyl sites for hydroxylation is 1. The Bertz CT molecular complexity index is 608. The van der Waals surface area contributed by atoms with E-state index in [-0.39, 0.29) is 5.91 Å². The molecule has 1 aromatic heterocycles. The van der Waals surface area contributed by atoms with Crippen molar-refractivity contribution in [1.82, 2.24) is 15.1 Å². The summed E-state index contributed by atoms with van der Waals surface area (Å²) in [6, 6.07) is 8.10. The molecule has 0 radical (unpaired) electrons. The summed E-state index contributed by atoms with van der Waals surface area (Å²) < 4.78 is 0.801. The highest BCUT2D eigenvalue weighted by molar-refractivity contribution is 8.01. The quantitative estimate of drug-likeness (QED) is 0.784. The topological polar surface area (TPSA) is 58.1 Å². The van der Waals surface area contributed by atoms with Crippen LogP contribution in [-0.4, -0.2) is 39.8 Å². The van der Waals surface area contributed by atoms with Crippen molar-refractivity contribution in [3.63, 3.8) is 0 Å². The minimum atomic E-state index is 0.137. The van der Waals surface area contributed by atoms with Gasteiger partial charge in [0.25, 0.3) is 0 Å². The highest BCUT2D eigenvalue weighted by Gasteiger charge is 2.12. The number of benzene rings is 1. The molecule has 0 unspecified atom stereocenters. The molecule has 0 aliphatic heterocycles. The Balaban J connectivity index is 1.88. The van der Waals surface area contributed by atoms with Gasteiger partial charge in [0.2, 0.25) is 11.0 Å². The smallest absolute Gasteiger partial charge is 0.233 e. The number of amides is 1. The zero-order chi connectivity index (χ0) is 15.9. The van der Waals surface area contributed by atoms with Crippen molar-refractivity contribution in [1.29, 1.82) is 0 Å². The summed E-state index contributed by atoms with van der Waals surface area (Å²) in [7, 11) is 0. The molecule has 0 spiro atoms. The Labute approximate surface area is 139 Å². The fraction of sp³-hybridized carbons (Fsp3) is 0.400. The molecule has 7 heteroatoms. The van der Waals surface area contributed by atoms with Gasteiger partial charge in [-0.15, -0.1) is 10.2 Å². The number of rotatable bonds is 7. The molecule has 0 aliphatic carbocycles. The van der Waals surface area contributed by atoms with E-state index >= 15 is 0 Å². The van der Waals surface area contributed by atoms with Gasteiger partial charge in [-0.2, -0.15) is 0 Å². The molecule has 5 nitrogen and oxygen atoms in total. The molecule has 1 amide bonds. The number of hydrogen-bond donors (Lipinski definition) is 1. The van der Waals surface area contributed by atoms with Gasteiger partial charge in [0.1, 0.15) is 0 Å². The Morgan fingerprint density at radius 3 is 2.55 bits per heavy atom. The first-order chi connectivity index (χ1) is 10.6. The summed E-state index contributed by atoms with van der Waals surface area (Å²) in [5.74, 6) is 0.541. The van der Waals surface area contributed by atoms with E-state index in [9.17, 15) is 4.79 Å². The summed E-state index contributed by atoms with van der Waals surface area (Å²) in [4.78, 5) is 13.8. The molecule has 0 fully saturated rings. The SMILES string of the molecule is CCN(CC)C(=O)CSc1nnc(Nc2ccc(C)cc2)s1. The zero-order valence-corrected chi connectivity index (χ0v) is 14.6. The van der Waals surface area contributed by atoms with Crippen LogP contribution in [0.3, 0.4) is 0 Å². The zero-order valence-electron chi connectivity index (χ0n) is 13.0.